The fourth-order valence-corrected chi connectivity index (χ4v) is 4.77. The summed E-state index contributed by atoms with van der Waals surface area (Å²) in [7, 11) is 0. The molecule has 124 valence electrons. The van der Waals surface area contributed by atoms with Gasteiger partial charge >= 0.3 is 0 Å². The number of hydrogen-bond donors (Lipinski definition) is 1. The third-order valence-electron chi connectivity index (χ3n) is 5.88. The number of ether oxygens (including phenoxy) is 1. The topological polar surface area (TPSA) is 38.3 Å². The third-order valence-corrected chi connectivity index (χ3v) is 5.88. The average molecular weight is 321 g/mol. The molecule has 4 rings (SSSR count). The molecule has 1 aromatic carbocycles. The van der Waals surface area contributed by atoms with Crippen LogP contribution in [0.15, 0.2) is 18.2 Å². The van der Waals surface area contributed by atoms with Gasteiger partial charge in [0.2, 0.25) is 0 Å². The summed E-state index contributed by atoms with van der Waals surface area (Å²) in [4.78, 5) is 12.4. The van der Waals surface area contributed by atoms with Crippen molar-refractivity contribution in [2.75, 3.05) is 6.61 Å². The van der Waals surface area contributed by atoms with Crippen molar-refractivity contribution in [2.45, 2.75) is 44.2 Å². The lowest BCUT2D eigenvalue weighted by Gasteiger charge is -2.50. The lowest BCUT2D eigenvalue weighted by Crippen LogP contribution is -2.63. The minimum absolute atomic E-state index is 0.0285. The zero-order chi connectivity index (χ0) is 16.0. The van der Waals surface area contributed by atoms with Gasteiger partial charge in [-0.2, -0.15) is 0 Å². The highest BCUT2D eigenvalue weighted by atomic mass is 19.2. The van der Waals surface area contributed by atoms with Crippen molar-refractivity contribution in [1.29, 1.82) is 0 Å². The summed E-state index contributed by atoms with van der Waals surface area (Å²) in [6, 6.07) is 3.75. The largest absolute Gasteiger partial charge is 0.377 e. The smallest absolute Gasteiger partial charge is 0.254 e. The summed E-state index contributed by atoms with van der Waals surface area (Å²) < 4.78 is 33.0. The van der Waals surface area contributed by atoms with Gasteiger partial charge in [0, 0.05) is 24.5 Å². The molecule has 0 bridgehead atoms. The number of nitrogens with one attached hydrogen (secondary N) is 1. The molecule has 3 fully saturated rings. The second kappa shape index (κ2) is 5.86. The molecule has 4 atom stereocenters. The fraction of sp³-hybridized carbons (Fsp3) is 0.611. The fourth-order valence-electron chi connectivity index (χ4n) is 4.77. The van der Waals surface area contributed by atoms with Crippen LogP contribution < -0.4 is 5.32 Å². The highest BCUT2D eigenvalue weighted by molar-refractivity contribution is 5.94. The van der Waals surface area contributed by atoms with Gasteiger partial charge in [0.25, 0.3) is 5.91 Å². The first kappa shape index (κ1) is 15.1. The lowest BCUT2D eigenvalue weighted by molar-refractivity contribution is -0.0784. The summed E-state index contributed by atoms with van der Waals surface area (Å²) in [5, 5.41) is 2.97. The van der Waals surface area contributed by atoms with Gasteiger partial charge in [0.15, 0.2) is 11.6 Å². The molecule has 1 heterocycles. The molecule has 1 amide bonds. The van der Waals surface area contributed by atoms with E-state index in [-0.39, 0.29) is 17.7 Å². The second-order valence-corrected chi connectivity index (χ2v) is 7.01. The number of rotatable bonds is 3. The van der Waals surface area contributed by atoms with Crippen molar-refractivity contribution in [3.63, 3.8) is 0 Å². The Morgan fingerprint density at radius 1 is 1.17 bits per heavy atom. The van der Waals surface area contributed by atoms with Crippen molar-refractivity contribution in [3.8, 4) is 0 Å². The maximum Gasteiger partial charge on any atom is 0.254 e. The number of carbonyl (C=O) groups is 1. The van der Waals surface area contributed by atoms with Crippen LogP contribution in [0, 0.1) is 29.4 Å². The molecular formula is C18H21F2NO2. The van der Waals surface area contributed by atoms with Gasteiger partial charge in [0.05, 0.1) is 11.7 Å². The monoisotopic (exact) mass is 321 g/mol. The van der Waals surface area contributed by atoms with Crippen LogP contribution in [0.2, 0.25) is 0 Å². The average Bonchev–Trinajstić information content (AvgIpc) is 3.18. The normalized spacial score (nSPS) is 33.3. The van der Waals surface area contributed by atoms with Crippen LogP contribution in [0.3, 0.4) is 0 Å². The van der Waals surface area contributed by atoms with Crippen molar-refractivity contribution in [1.82, 2.24) is 5.32 Å². The minimum atomic E-state index is -1.07. The quantitative estimate of drug-likeness (QED) is 0.928. The van der Waals surface area contributed by atoms with Gasteiger partial charge in [-0.3, -0.25) is 4.79 Å². The maximum absolute atomic E-state index is 13.8. The van der Waals surface area contributed by atoms with Crippen LogP contribution in [-0.4, -0.2) is 24.7 Å². The zero-order valence-electron chi connectivity index (χ0n) is 12.9. The van der Waals surface area contributed by atoms with Gasteiger partial charge in [-0.15, -0.1) is 0 Å². The minimum Gasteiger partial charge on any atom is -0.377 e. The Morgan fingerprint density at radius 3 is 2.74 bits per heavy atom. The Kier molecular flexibility index (Phi) is 3.84. The molecule has 1 aliphatic heterocycles. The number of amides is 1. The van der Waals surface area contributed by atoms with E-state index < -0.39 is 17.5 Å². The summed E-state index contributed by atoms with van der Waals surface area (Å²) in [5.41, 5.74) is -0.211. The summed E-state index contributed by atoms with van der Waals surface area (Å²) in [5.74, 6) is -1.34. The predicted octanol–water partition coefficient (Wildman–Crippen LogP) is 3.29. The molecule has 3 nitrogen and oxygen atoms in total. The molecule has 0 unspecified atom stereocenters. The van der Waals surface area contributed by atoms with Crippen LogP contribution in [0.1, 0.15) is 42.5 Å². The SMILES string of the molecule is O=C(N[C@@H]1[C@@H]2CCO[C@@H]2[C@@H]1C1CCCC1)c1cccc(F)c1F. The van der Waals surface area contributed by atoms with Crippen LogP contribution in [-0.2, 0) is 4.74 Å². The molecule has 1 saturated heterocycles. The number of benzene rings is 1. The van der Waals surface area contributed by atoms with Crippen LogP contribution in [0.25, 0.3) is 0 Å². The van der Waals surface area contributed by atoms with E-state index in [1.807, 2.05) is 0 Å². The van der Waals surface area contributed by atoms with Crippen LogP contribution in [0.4, 0.5) is 8.78 Å². The highest BCUT2D eigenvalue weighted by Crippen LogP contribution is 2.51. The molecule has 0 spiro atoms. The van der Waals surface area contributed by atoms with Crippen LogP contribution >= 0.6 is 0 Å². The molecule has 1 aromatic rings. The molecule has 23 heavy (non-hydrogen) atoms. The van der Waals surface area contributed by atoms with Gasteiger partial charge in [0.1, 0.15) is 0 Å². The Morgan fingerprint density at radius 2 is 1.96 bits per heavy atom. The third kappa shape index (κ3) is 2.45. The highest BCUT2D eigenvalue weighted by Gasteiger charge is 2.57. The number of carbonyl (C=O) groups excluding carboxylic acids is 1. The Bertz CT molecular complexity index is 610. The number of fused-ring (bicyclic) bond motifs is 1. The molecule has 1 N–H and O–H groups in total. The lowest BCUT2D eigenvalue weighted by atomic mass is 9.61. The molecule has 0 aromatic heterocycles. The van der Waals surface area contributed by atoms with E-state index in [1.165, 1.54) is 37.8 Å². The second-order valence-electron chi connectivity index (χ2n) is 7.01. The van der Waals surface area contributed by atoms with Crippen LogP contribution in [0.5, 0.6) is 0 Å². The van der Waals surface area contributed by atoms with Gasteiger partial charge in [-0.1, -0.05) is 31.7 Å². The molecule has 2 saturated carbocycles. The molecule has 5 heteroatoms. The molecular weight excluding hydrogens is 300 g/mol. The van der Waals surface area contributed by atoms with Gasteiger partial charge in [-0.25, -0.2) is 8.78 Å². The first-order chi connectivity index (χ1) is 11.2. The van der Waals surface area contributed by atoms with E-state index in [0.29, 0.717) is 17.8 Å². The Hall–Kier alpha value is -1.49. The zero-order valence-corrected chi connectivity index (χ0v) is 12.9. The summed E-state index contributed by atoms with van der Waals surface area (Å²) >= 11 is 0. The molecule has 3 aliphatic rings. The molecule has 2 aliphatic carbocycles. The predicted molar refractivity (Wildman–Crippen MR) is 80.9 cm³/mol. The number of halogens is 2. The van der Waals surface area contributed by atoms with Crippen molar-refractivity contribution >= 4 is 5.91 Å². The standard InChI is InChI=1S/C18H21F2NO2/c19-13-7-3-6-11(15(13)20)18(22)21-16-12-8-9-23-17(12)14(16)10-4-1-2-5-10/h3,6-7,10,12,14,16-17H,1-2,4-5,8-9H2,(H,21,22)/t12-,14+,16+,17-/m0/s1. The van der Waals surface area contributed by atoms with E-state index in [2.05, 4.69) is 5.32 Å². The van der Waals surface area contributed by atoms with E-state index in [4.69, 9.17) is 4.74 Å². The van der Waals surface area contributed by atoms with Crippen molar-refractivity contribution in [3.05, 3.63) is 35.4 Å². The first-order valence-corrected chi connectivity index (χ1v) is 8.53. The van der Waals surface area contributed by atoms with E-state index in [1.54, 1.807) is 0 Å². The summed E-state index contributed by atoms with van der Waals surface area (Å²) in [6.07, 6.45) is 6.00. The van der Waals surface area contributed by atoms with Crippen molar-refractivity contribution < 1.29 is 18.3 Å². The molecule has 0 radical (unpaired) electrons. The van der Waals surface area contributed by atoms with E-state index in [0.717, 1.165) is 19.1 Å². The Labute approximate surface area is 134 Å². The van der Waals surface area contributed by atoms with Gasteiger partial charge in [-0.05, 0) is 24.5 Å². The Balaban J connectivity index is 1.52. The van der Waals surface area contributed by atoms with Crippen molar-refractivity contribution in [2.24, 2.45) is 17.8 Å². The maximum atomic E-state index is 13.8. The van der Waals surface area contributed by atoms with Gasteiger partial charge < -0.3 is 10.1 Å². The van der Waals surface area contributed by atoms with E-state index in [9.17, 15) is 13.6 Å². The van der Waals surface area contributed by atoms with E-state index >= 15 is 0 Å². The number of hydrogen-bond acceptors (Lipinski definition) is 2. The summed E-state index contributed by atoms with van der Waals surface area (Å²) in [6.45, 7) is 0.735. The first-order valence-electron chi connectivity index (χ1n) is 8.53.